The van der Waals surface area contributed by atoms with E-state index in [2.05, 4.69) is 52.3 Å². The second kappa shape index (κ2) is 10.1. The Morgan fingerprint density at radius 2 is 1.82 bits per heavy atom. The van der Waals surface area contributed by atoms with Gasteiger partial charge >= 0.3 is 6.09 Å². The highest BCUT2D eigenvalue weighted by Gasteiger charge is 2.29. The van der Waals surface area contributed by atoms with E-state index >= 15 is 0 Å². The molecular weight excluding hydrogens is 414 g/mol. The summed E-state index contributed by atoms with van der Waals surface area (Å²) in [7, 11) is 0. The fraction of sp³-hybridized carbons (Fsp3) is 0.519. The van der Waals surface area contributed by atoms with Crippen molar-refractivity contribution in [2.75, 3.05) is 39.4 Å². The van der Waals surface area contributed by atoms with Crippen LogP contribution in [0.15, 0.2) is 42.5 Å². The summed E-state index contributed by atoms with van der Waals surface area (Å²) in [4.78, 5) is 19.0. The molecule has 0 N–H and O–H groups in total. The van der Waals surface area contributed by atoms with Crippen LogP contribution in [-0.4, -0.2) is 66.2 Å². The van der Waals surface area contributed by atoms with Crippen LogP contribution in [0.3, 0.4) is 0 Å². The lowest BCUT2D eigenvalue weighted by atomic mass is 9.99. The van der Waals surface area contributed by atoms with E-state index in [4.69, 9.17) is 9.47 Å². The first-order valence-corrected chi connectivity index (χ1v) is 12.4. The van der Waals surface area contributed by atoms with Gasteiger partial charge in [-0.25, -0.2) is 4.79 Å². The van der Waals surface area contributed by atoms with Crippen molar-refractivity contribution in [2.24, 2.45) is 0 Å². The predicted octanol–water partition coefficient (Wildman–Crippen LogP) is 4.06. The van der Waals surface area contributed by atoms with E-state index in [1.165, 1.54) is 22.3 Å². The molecule has 0 radical (unpaired) electrons. The third-order valence-electron chi connectivity index (χ3n) is 7.26. The fourth-order valence-corrected chi connectivity index (χ4v) is 5.45. The number of amides is 1. The van der Waals surface area contributed by atoms with E-state index in [-0.39, 0.29) is 6.09 Å². The van der Waals surface area contributed by atoms with Crippen LogP contribution in [0.4, 0.5) is 4.79 Å². The van der Waals surface area contributed by atoms with Gasteiger partial charge in [-0.3, -0.25) is 9.80 Å². The first-order chi connectivity index (χ1) is 16.2. The van der Waals surface area contributed by atoms with Gasteiger partial charge in [0.05, 0.1) is 6.61 Å². The molecule has 0 atom stereocenters. The van der Waals surface area contributed by atoms with Crippen molar-refractivity contribution < 1.29 is 14.3 Å². The molecule has 2 aromatic carbocycles. The maximum absolute atomic E-state index is 12.0. The Labute approximate surface area is 197 Å². The molecule has 2 aromatic rings. The number of fused-ring (bicyclic) bond motifs is 2. The number of rotatable bonds is 4. The van der Waals surface area contributed by atoms with Gasteiger partial charge in [-0.1, -0.05) is 30.3 Å². The predicted molar refractivity (Wildman–Crippen MR) is 128 cm³/mol. The Morgan fingerprint density at radius 1 is 1.00 bits per heavy atom. The minimum atomic E-state index is -0.175. The largest absolute Gasteiger partial charge is 0.492 e. The molecule has 5 rings (SSSR count). The molecule has 1 saturated heterocycles. The Hall–Kier alpha value is -2.57. The molecule has 1 fully saturated rings. The molecule has 176 valence electrons. The maximum atomic E-state index is 12.0. The first kappa shape index (κ1) is 22.2. The van der Waals surface area contributed by atoms with Gasteiger partial charge < -0.3 is 14.4 Å². The van der Waals surface area contributed by atoms with E-state index in [1.807, 2.05) is 11.8 Å². The van der Waals surface area contributed by atoms with Crippen LogP contribution in [-0.2, 0) is 30.8 Å². The SMILES string of the molecule is CCOC(=O)N1CCC(N2CCOc3ccc(CN4CCc5ccccc5C4)cc3C2)CC1. The summed E-state index contributed by atoms with van der Waals surface area (Å²) in [6.07, 6.45) is 2.93. The second-order valence-corrected chi connectivity index (χ2v) is 9.41. The topological polar surface area (TPSA) is 45.3 Å². The van der Waals surface area contributed by atoms with Crippen LogP contribution in [0.25, 0.3) is 0 Å². The van der Waals surface area contributed by atoms with Crippen molar-refractivity contribution in [3.05, 3.63) is 64.7 Å². The van der Waals surface area contributed by atoms with Crippen LogP contribution in [0.5, 0.6) is 5.75 Å². The summed E-state index contributed by atoms with van der Waals surface area (Å²) in [5, 5.41) is 0. The molecule has 0 bridgehead atoms. The Balaban J connectivity index is 1.22. The van der Waals surface area contributed by atoms with Gasteiger partial charge in [-0.15, -0.1) is 0 Å². The molecule has 0 spiro atoms. The number of hydrogen-bond acceptors (Lipinski definition) is 5. The standard InChI is InChI=1S/C27H35N3O3/c1-2-32-27(31)29-13-10-25(11-14-29)30-15-16-33-26-8-7-21(17-24(26)20-30)18-28-12-9-22-5-3-4-6-23(22)19-28/h3-8,17,25H,2,9-16,18-20H2,1H3. The summed E-state index contributed by atoms with van der Waals surface area (Å²) >= 11 is 0. The van der Waals surface area contributed by atoms with E-state index in [9.17, 15) is 4.79 Å². The van der Waals surface area contributed by atoms with Gasteiger partial charge in [-0.05, 0) is 55.0 Å². The molecule has 6 nitrogen and oxygen atoms in total. The smallest absolute Gasteiger partial charge is 0.409 e. The van der Waals surface area contributed by atoms with E-state index in [0.29, 0.717) is 19.3 Å². The maximum Gasteiger partial charge on any atom is 0.409 e. The first-order valence-electron chi connectivity index (χ1n) is 12.4. The highest BCUT2D eigenvalue weighted by molar-refractivity contribution is 5.67. The van der Waals surface area contributed by atoms with Gasteiger partial charge in [0.15, 0.2) is 0 Å². The second-order valence-electron chi connectivity index (χ2n) is 9.41. The average Bonchev–Trinajstić information content (AvgIpc) is 3.06. The van der Waals surface area contributed by atoms with Crippen molar-refractivity contribution in [1.29, 1.82) is 0 Å². The zero-order chi connectivity index (χ0) is 22.6. The molecule has 3 aliphatic heterocycles. The summed E-state index contributed by atoms with van der Waals surface area (Å²) < 4.78 is 11.3. The zero-order valence-corrected chi connectivity index (χ0v) is 19.7. The highest BCUT2D eigenvalue weighted by Crippen LogP contribution is 2.29. The van der Waals surface area contributed by atoms with Crippen molar-refractivity contribution >= 4 is 6.09 Å². The Bertz CT molecular complexity index is 971. The van der Waals surface area contributed by atoms with Crippen LogP contribution in [0, 0.1) is 0 Å². The monoisotopic (exact) mass is 449 g/mol. The van der Waals surface area contributed by atoms with E-state index < -0.39 is 0 Å². The minimum Gasteiger partial charge on any atom is -0.492 e. The quantitative estimate of drug-likeness (QED) is 0.704. The number of piperidine rings is 1. The van der Waals surface area contributed by atoms with Gasteiger partial charge in [0.1, 0.15) is 12.4 Å². The fourth-order valence-electron chi connectivity index (χ4n) is 5.45. The number of carbonyl (C=O) groups is 1. The number of hydrogen-bond donors (Lipinski definition) is 0. The Kier molecular flexibility index (Phi) is 6.83. The van der Waals surface area contributed by atoms with Crippen LogP contribution in [0.1, 0.15) is 42.0 Å². The lowest BCUT2D eigenvalue weighted by molar-refractivity contribution is 0.0704. The van der Waals surface area contributed by atoms with E-state index in [1.54, 1.807) is 0 Å². The lowest BCUT2D eigenvalue weighted by Gasteiger charge is -2.37. The summed E-state index contributed by atoms with van der Waals surface area (Å²) in [5.74, 6) is 1.02. The van der Waals surface area contributed by atoms with Gasteiger partial charge in [-0.2, -0.15) is 0 Å². The lowest BCUT2D eigenvalue weighted by Crippen LogP contribution is -2.47. The van der Waals surface area contributed by atoms with Crippen molar-refractivity contribution in [2.45, 2.75) is 51.9 Å². The summed E-state index contributed by atoms with van der Waals surface area (Å²) in [5.41, 5.74) is 5.60. The van der Waals surface area contributed by atoms with Crippen molar-refractivity contribution in [3.63, 3.8) is 0 Å². The van der Waals surface area contributed by atoms with E-state index in [0.717, 1.165) is 70.8 Å². The molecule has 3 aliphatic rings. The number of benzene rings is 2. The number of ether oxygens (including phenoxy) is 2. The zero-order valence-electron chi connectivity index (χ0n) is 19.7. The van der Waals surface area contributed by atoms with Crippen molar-refractivity contribution in [3.8, 4) is 5.75 Å². The third kappa shape index (κ3) is 5.17. The third-order valence-corrected chi connectivity index (χ3v) is 7.26. The van der Waals surface area contributed by atoms with Gasteiger partial charge in [0.25, 0.3) is 0 Å². The van der Waals surface area contributed by atoms with Crippen LogP contribution >= 0.6 is 0 Å². The molecule has 0 unspecified atom stereocenters. The number of carbonyl (C=O) groups excluding carboxylic acids is 1. The molecule has 0 saturated carbocycles. The molecule has 1 amide bonds. The van der Waals surface area contributed by atoms with Crippen molar-refractivity contribution in [1.82, 2.24) is 14.7 Å². The highest BCUT2D eigenvalue weighted by atomic mass is 16.6. The number of nitrogens with zero attached hydrogens (tertiary/aromatic N) is 3. The minimum absolute atomic E-state index is 0.175. The molecule has 6 heteroatoms. The molecule has 3 heterocycles. The molecule has 0 aliphatic carbocycles. The molecular formula is C27H35N3O3. The van der Waals surface area contributed by atoms with Crippen LogP contribution in [0.2, 0.25) is 0 Å². The van der Waals surface area contributed by atoms with Crippen LogP contribution < -0.4 is 4.74 Å². The number of likely N-dealkylation sites (tertiary alicyclic amines) is 1. The average molecular weight is 450 g/mol. The van der Waals surface area contributed by atoms with Gasteiger partial charge in [0, 0.05) is 57.4 Å². The molecule has 33 heavy (non-hydrogen) atoms. The van der Waals surface area contributed by atoms with Gasteiger partial charge in [0.2, 0.25) is 0 Å². The normalized spacial score (nSPS) is 19.8. The Morgan fingerprint density at radius 3 is 2.64 bits per heavy atom. The summed E-state index contributed by atoms with van der Waals surface area (Å²) in [6, 6.07) is 16.0. The molecule has 0 aromatic heterocycles. The summed E-state index contributed by atoms with van der Waals surface area (Å²) in [6.45, 7) is 9.49.